The normalized spacial score (nSPS) is 25.4. The average Bonchev–Trinajstić information content (AvgIpc) is 2.69. The van der Waals surface area contributed by atoms with Crippen molar-refractivity contribution < 1.29 is 19.8 Å². The van der Waals surface area contributed by atoms with Crippen LogP contribution in [0, 0.1) is 13.8 Å². The van der Waals surface area contributed by atoms with Crippen molar-refractivity contribution in [3.63, 3.8) is 0 Å². The van der Waals surface area contributed by atoms with E-state index < -0.39 is 11.9 Å². The molecule has 0 saturated carbocycles. The van der Waals surface area contributed by atoms with Crippen molar-refractivity contribution >= 4 is 11.9 Å². The van der Waals surface area contributed by atoms with Crippen molar-refractivity contribution in [1.29, 1.82) is 0 Å². The molecule has 0 unspecified atom stereocenters. The van der Waals surface area contributed by atoms with Gasteiger partial charge in [0, 0.05) is 0 Å². The second kappa shape index (κ2) is 9.82. The number of carboxylic acid groups (broad SMARTS) is 2. The zero-order valence-electron chi connectivity index (χ0n) is 17.4. The molecule has 6 rings (SSSR count). The minimum atomic E-state index is -0.875. The first kappa shape index (κ1) is 21.9. The van der Waals surface area contributed by atoms with Crippen molar-refractivity contribution in [2.24, 2.45) is 0 Å². The van der Waals surface area contributed by atoms with Crippen LogP contribution in [0.5, 0.6) is 0 Å². The Bertz CT molecular complexity index is 756. The Balaban J connectivity index is 0.000000128. The molecular weight excluding hydrogens is 384 g/mol. The minimum Gasteiger partial charge on any atom is -0.478 e. The summed E-state index contributed by atoms with van der Waals surface area (Å²) in [6.45, 7) is 11.0. The van der Waals surface area contributed by atoms with Crippen LogP contribution in [0.15, 0.2) is 48.5 Å². The van der Waals surface area contributed by atoms with Crippen LogP contribution in [-0.4, -0.2) is 81.8 Å². The van der Waals surface area contributed by atoms with E-state index in [2.05, 4.69) is 19.6 Å². The van der Waals surface area contributed by atoms with E-state index >= 15 is 0 Å². The molecule has 0 radical (unpaired) electrons. The third-order valence-corrected chi connectivity index (χ3v) is 5.00. The molecule has 4 saturated heterocycles. The van der Waals surface area contributed by atoms with Crippen molar-refractivity contribution in [2.75, 3.05) is 40.0 Å². The first-order valence-electron chi connectivity index (χ1n) is 9.79. The molecule has 4 bridgehead atoms. The van der Waals surface area contributed by atoms with Gasteiger partial charge < -0.3 is 10.2 Å². The first-order chi connectivity index (χ1) is 14.3. The Labute approximate surface area is 176 Å². The maximum atomic E-state index is 10.3. The summed E-state index contributed by atoms with van der Waals surface area (Å²) >= 11 is 0. The molecule has 160 valence electrons. The Morgan fingerprint density at radius 1 is 0.567 bits per heavy atom. The molecule has 0 atom stereocenters. The largest absolute Gasteiger partial charge is 0.478 e. The van der Waals surface area contributed by atoms with Crippen LogP contribution in [0.2, 0.25) is 0 Å². The summed E-state index contributed by atoms with van der Waals surface area (Å²) in [5.41, 5.74) is 2.83. The topological polar surface area (TPSA) is 87.6 Å². The third kappa shape index (κ3) is 6.11. The molecule has 2 N–H and O–H groups in total. The van der Waals surface area contributed by atoms with Gasteiger partial charge in [-0.1, -0.05) is 35.4 Å². The van der Waals surface area contributed by atoms with E-state index in [0.717, 1.165) is 11.1 Å². The molecule has 0 spiro atoms. The summed E-state index contributed by atoms with van der Waals surface area (Å²) in [5, 5.41) is 17.0. The van der Waals surface area contributed by atoms with E-state index in [0.29, 0.717) is 11.1 Å². The number of hydrogen-bond donors (Lipinski definition) is 2. The second-order valence-corrected chi connectivity index (χ2v) is 7.87. The van der Waals surface area contributed by atoms with Gasteiger partial charge in [-0.05, 0) is 38.1 Å². The lowest BCUT2D eigenvalue weighted by atomic mass is 10.2. The predicted molar refractivity (Wildman–Crippen MR) is 113 cm³/mol. The predicted octanol–water partition coefficient (Wildman–Crippen LogP) is 2.37. The summed E-state index contributed by atoms with van der Waals surface area (Å²) in [7, 11) is 0. The zero-order chi connectivity index (χ0) is 21.7. The number of aromatic carboxylic acids is 2. The third-order valence-electron chi connectivity index (χ3n) is 5.00. The molecule has 4 aliphatic rings. The van der Waals surface area contributed by atoms with Gasteiger partial charge in [0.05, 0.1) is 51.1 Å². The summed E-state index contributed by atoms with van der Waals surface area (Å²) < 4.78 is 0. The van der Waals surface area contributed by atoms with Crippen molar-refractivity contribution in [1.82, 2.24) is 19.6 Å². The fourth-order valence-corrected chi connectivity index (χ4v) is 3.63. The molecule has 4 heterocycles. The fourth-order valence-electron chi connectivity index (χ4n) is 3.63. The minimum absolute atomic E-state index is 0.339. The number of benzene rings is 2. The Kier molecular flexibility index (Phi) is 7.17. The highest BCUT2D eigenvalue weighted by atomic mass is 16.4. The number of carbonyl (C=O) groups is 2. The summed E-state index contributed by atoms with van der Waals surface area (Å²) in [6.07, 6.45) is 0. The van der Waals surface area contributed by atoms with Gasteiger partial charge in [-0.15, -0.1) is 0 Å². The molecule has 0 aliphatic carbocycles. The van der Waals surface area contributed by atoms with Crippen molar-refractivity contribution in [2.45, 2.75) is 13.8 Å². The maximum Gasteiger partial charge on any atom is 0.335 e. The zero-order valence-corrected chi connectivity index (χ0v) is 17.4. The highest BCUT2D eigenvalue weighted by molar-refractivity contribution is 5.87. The lowest BCUT2D eigenvalue weighted by Gasteiger charge is -2.56. The molecule has 2 aromatic rings. The highest BCUT2D eigenvalue weighted by Crippen LogP contribution is 2.20. The lowest BCUT2D eigenvalue weighted by molar-refractivity contribution is -0.194. The van der Waals surface area contributed by atoms with Gasteiger partial charge in [0.25, 0.3) is 0 Å². The fraction of sp³-hybridized carbons (Fsp3) is 0.364. The van der Waals surface area contributed by atoms with E-state index in [1.807, 2.05) is 13.8 Å². The second-order valence-electron chi connectivity index (χ2n) is 7.87. The van der Waals surface area contributed by atoms with Gasteiger partial charge >= 0.3 is 11.9 Å². The monoisotopic (exact) mass is 412 g/mol. The Morgan fingerprint density at radius 2 is 0.800 bits per heavy atom. The van der Waals surface area contributed by atoms with E-state index in [1.165, 1.54) is 40.0 Å². The molecule has 0 amide bonds. The standard InChI is InChI=1S/2C8H8O2.C6H12N4/c2*1-6-2-4-7(5-3-6)8(9)10;1-7-2-9-4-8(1)5-10(3-7)6-9/h2*2-5H,1H3,(H,9,10);1-6H2. The smallest absolute Gasteiger partial charge is 0.335 e. The summed E-state index contributed by atoms with van der Waals surface area (Å²) in [4.78, 5) is 30.5. The van der Waals surface area contributed by atoms with Crippen molar-refractivity contribution in [3.8, 4) is 0 Å². The number of carboxylic acids is 2. The quantitative estimate of drug-likeness (QED) is 0.777. The number of nitrogens with zero attached hydrogens (tertiary/aromatic N) is 4. The van der Waals surface area contributed by atoms with E-state index in [-0.39, 0.29) is 0 Å². The van der Waals surface area contributed by atoms with E-state index in [1.54, 1.807) is 48.5 Å². The van der Waals surface area contributed by atoms with Gasteiger partial charge in [0.15, 0.2) is 0 Å². The molecule has 8 heteroatoms. The van der Waals surface area contributed by atoms with Crippen LogP contribution in [0.1, 0.15) is 31.8 Å². The summed E-state index contributed by atoms with van der Waals surface area (Å²) in [5.74, 6) is -1.75. The SMILES string of the molecule is C1N2CN3CN1CN(C2)C3.Cc1ccc(C(=O)O)cc1.Cc1ccc(C(=O)O)cc1. The van der Waals surface area contributed by atoms with E-state index in [9.17, 15) is 9.59 Å². The highest BCUT2D eigenvalue weighted by Gasteiger charge is 2.36. The van der Waals surface area contributed by atoms with Crippen LogP contribution in [0.4, 0.5) is 0 Å². The lowest BCUT2D eigenvalue weighted by Crippen LogP contribution is -2.71. The van der Waals surface area contributed by atoms with E-state index in [4.69, 9.17) is 10.2 Å². The van der Waals surface area contributed by atoms with Gasteiger partial charge in [-0.25, -0.2) is 9.59 Å². The van der Waals surface area contributed by atoms with Gasteiger partial charge in [0.2, 0.25) is 0 Å². The molecule has 2 aromatic carbocycles. The Hall–Kier alpha value is -2.78. The summed E-state index contributed by atoms with van der Waals surface area (Å²) in [6, 6.07) is 13.5. The number of hydrogen-bond acceptors (Lipinski definition) is 6. The molecule has 0 aromatic heterocycles. The van der Waals surface area contributed by atoms with Crippen LogP contribution in [0.25, 0.3) is 0 Å². The average molecular weight is 412 g/mol. The van der Waals surface area contributed by atoms with Gasteiger partial charge in [-0.3, -0.25) is 19.6 Å². The molecule has 30 heavy (non-hydrogen) atoms. The number of aryl methyl sites for hydroxylation is 2. The van der Waals surface area contributed by atoms with Crippen LogP contribution in [-0.2, 0) is 0 Å². The van der Waals surface area contributed by atoms with Crippen LogP contribution < -0.4 is 0 Å². The van der Waals surface area contributed by atoms with Crippen LogP contribution >= 0.6 is 0 Å². The maximum absolute atomic E-state index is 10.3. The van der Waals surface area contributed by atoms with Crippen molar-refractivity contribution in [3.05, 3.63) is 70.8 Å². The Morgan fingerprint density at radius 3 is 1.00 bits per heavy atom. The van der Waals surface area contributed by atoms with Crippen LogP contribution in [0.3, 0.4) is 0 Å². The molecule has 4 aliphatic heterocycles. The first-order valence-corrected chi connectivity index (χ1v) is 9.79. The van der Waals surface area contributed by atoms with Gasteiger partial charge in [-0.2, -0.15) is 0 Å². The number of rotatable bonds is 2. The molecular formula is C22H28N4O4. The van der Waals surface area contributed by atoms with Gasteiger partial charge in [0.1, 0.15) is 0 Å². The molecule has 4 fully saturated rings. The molecule has 8 nitrogen and oxygen atoms in total.